The second-order valence-corrected chi connectivity index (χ2v) is 9.08. The van der Waals surface area contributed by atoms with Gasteiger partial charge in [0.15, 0.2) is 0 Å². The number of sulfonamides is 1. The lowest BCUT2D eigenvalue weighted by Crippen LogP contribution is -2.42. The van der Waals surface area contributed by atoms with Crippen molar-refractivity contribution in [1.29, 1.82) is 0 Å². The van der Waals surface area contributed by atoms with E-state index in [1.807, 2.05) is 0 Å². The standard InChI is InChI=1S/C17H23N7O4S/c1-10-7-11(16(26)24-14(10)15(25)23-17(24,2)3)22-13-8-12(19-9-20-13)18-5-6-21-29(4,27)28/h7-9,21H,5-6H2,1-4H3,(H,23,25)(H2,18,19,20,22). The highest BCUT2D eigenvalue weighted by molar-refractivity contribution is 7.88. The van der Waals surface area contributed by atoms with Gasteiger partial charge < -0.3 is 16.0 Å². The van der Waals surface area contributed by atoms with E-state index >= 15 is 0 Å². The second kappa shape index (κ2) is 7.44. The molecule has 4 N–H and O–H groups in total. The molecule has 0 saturated heterocycles. The molecule has 3 heterocycles. The van der Waals surface area contributed by atoms with E-state index < -0.39 is 15.7 Å². The SMILES string of the molecule is Cc1cc(Nc2cc(NCCNS(C)(=O)=O)ncn2)c(=O)n2c1C(=O)NC2(C)C. The van der Waals surface area contributed by atoms with Crippen molar-refractivity contribution in [2.75, 3.05) is 30.0 Å². The van der Waals surface area contributed by atoms with E-state index in [2.05, 4.69) is 30.6 Å². The van der Waals surface area contributed by atoms with Crippen LogP contribution in [0.1, 0.15) is 29.9 Å². The Morgan fingerprint density at radius 3 is 2.52 bits per heavy atom. The van der Waals surface area contributed by atoms with Crippen molar-refractivity contribution in [1.82, 2.24) is 24.6 Å². The number of carbonyl (C=O) groups excluding carboxylic acids is 1. The molecule has 0 aromatic carbocycles. The molecule has 0 radical (unpaired) electrons. The van der Waals surface area contributed by atoms with Crippen LogP contribution in [0.25, 0.3) is 0 Å². The molecular formula is C17H23N7O4S. The van der Waals surface area contributed by atoms with Gasteiger partial charge in [-0.15, -0.1) is 0 Å². The van der Waals surface area contributed by atoms with Crippen LogP contribution < -0.4 is 26.2 Å². The minimum atomic E-state index is -3.26. The summed E-state index contributed by atoms with van der Waals surface area (Å²) >= 11 is 0. The van der Waals surface area contributed by atoms with E-state index in [1.54, 1.807) is 32.9 Å². The van der Waals surface area contributed by atoms with E-state index in [9.17, 15) is 18.0 Å². The monoisotopic (exact) mass is 421 g/mol. The number of amides is 1. The van der Waals surface area contributed by atoms with Gasteiger partial charge >= 0.3 is 0 Å². The van der Waals surface area contributed by atoms with Gasteiger partial charge in [0.05, 0.1) is 6.26 Å². The van der Waals surface area contributed by atoms with Gasteiger partial charge in [-0.25, -0.2) is 23.1 Å². The molecule has 3 rings (SSSR count). The van der Waals surface area contributed by atoms with Crippen molar-refractivity contribution < 1.29 is 13.2 Å². The lowest BCUT2D eigenvalue weighted by Gasteiger charge is -2.22. The average molecular weight is 421 g/mol. The number of anilines is 3. The summed E-state index contributed by atoms with van der Waals surface area (Å²) in [5.41, 5.74) is 0.0961. The van der Waals surface area contributed by atoms with E-state index in [0.29, 0.717) is 29.4 Å². The fourth-order valence-corrected chi connectivity index (χ4v) is 3.60. The fraction of sp³-hybridized carbons (Fsp3) is 0.412. The highest BCUT2D eigenvalue weighted by Crippen LogP contribution is 2.25. The third-order valence-corrected chi connectivity index (χ3v) is 5.04. The Labute approximate surface area is 168 Å². The minimum Gasteiger partial charge on any atom is -0.369 e. The van der Waals surface area contributed by atoms with E-state index in [4.69, 9.17) is 0 Å². The summed E-state index contributed by atoms with van der Waals surface area (Å²) in [6, 6.07) is 3.21. The van der Waals surface area contributed by atoms with Crippen LogP contribution >= 0.6 is 0 Å². The number of aryl methyl sites for hydroxylation is 1. The van der Waals surface area contributed by atoms with Crippen molar-refractivity contribution in [3.8, 4) is 0 Å². The number of hydrogen-bond acceptors (Lipinski definition) is 8. The molecule has 0 fully saturated rings. The molecule has 0 atom stereocenters. The Morgan fingerprint density at radius 2 is 1.83 bits per heavy atom. The van der Waals surface area contributed by atoms with Gasteiger partial charge in [-0.05, 0) is 32.4 Å². The molecule has 29 heavy (non-hydrogen) atoms. The van der Waals surface area contributed by atoms with Crippen molar-refractivity contribution in [3.05, 3.63) is 40.1 Å². The van der Waals surface area contributed by atoms with Crippen molar-refractivity contribution in [2.45, 2.75) is 26.4 Å². The van der Waals surface area contributed by atoms with Crippen LogP contribution in [0.3, 0.4) is 0 Å². The van der Waals surface area contributed by atoms with Gasteiger partial charge in [0.1, 0.15) is 35.0 Å². The van der Waals surface area contributed by atoms with E-state index in [0.717, 1.165) is 6.26 Å². The molecule has 11 nitrogen and oxygen atoms in total. The summed E-state index contributed by atoms with van der Waals surface area (Å²) in [7, 11) is -3.26. The van der Waals surface area contributed by atoms with Crippen molar-refractivity contribution in [3.63, 3.8) is 0 Å². The Kier molecular flexibility index (Phi) is 5.32. The van der Waals surface area contributed by atoms with E-state index in [1.165, 1.54) is 10.9 Å². The molecule has 2 aromatic rings. The van der Waals surface area contributed by atoms with Crippen molar-refractivity contribution in [2.24, 2.45) is 0 Å². The molecule has 1 amide bonds. The zero-order valence-electron chi connectivity index (χ0n) is 16.5. The van der Waals surface area contributed by atoms with Crippen LogP contribution in [0, 0.1) is 6.92 Å². The second-order valence-electron chi connectivity index (χ2n) is 7.25. The first-order valence-corrected chi connectivity index (χ1v) is 10.7. The molecule has 0 saturated carbocycles. The first-order valence-electron chi connectivity index (χ1n) is 8.85. The summed E-state index contributed by atoms with van der Waals surface area (Å²) in [6.07, 6.45) is 2.41. The van der Waals surface area contributed by atoms with Gasteiger partial charge in [-0.1, -0.05) is 0 Å². The zero-order valence-corrected chi connectivity index (χ0v) is 17.3. The van der Waals surface area contributed by atoms with Gasteiger partial charge in [0, 0.05) is 19.2 Å². The smallest absolute Gasteiger partial charge is 0.276 e. The zero-order chi connectivity index (χ0) is 21.4. The van der Waals surface area contributed by atoms with Gasteiger partial charge in [-0.3, -0.25) is 14.2 Å². The van der Waals surface area contributed by atoms with Crippen LogP contribution in [0.4, 0.5) is 17.3 Å². The molecule has 0 bridgehead atoms. The topological polar surface area (TPSA) is 147 Å². The molecule has 156 valence electrons. The predicted octanol–water partition coefficient (Wildman–Crippen LogP) is 0.0874. The summed E-state index contributed by atoms with van der Waals surface area (Å²) in [4.78, 5) is 33.3. The molecular weight excluding hydrogens is 398 g/mol. The number of pyridine rings is 1. The lowest BCUT2D eigenvalue weighted by molar-refractivity contribution is 0.0934. The summed E-state index contributed by atoms with van der Waals surface area (Å²) in [5.74, 6) is 0.561. The molecule has 0 unspecified atom stereocenters. The average Bonchev–Trinajstić information content (AvgIpc) is 2.85. The van der Waals surface area contributed by atoms with Crippen molar-refractivity contribution >= 4 is 33.3 Å². The third kappa shape index (κ3) is 4.54. The van der Waals surface area contributed by atoms with Crippen LogP contribution in [-0.2, 0) is 15.7 Å². The third-order valence-electron chi connectivity index (χ3n) is 4.31. The quantitative estimate of drug-likeness (QED) is 0.460. The Hall–Kier alpha value is -2.99. The molecule has 2 aromatic heterocycles. The van der Waals surface area contributed by atoms with Crippen LogP contribution in [0.15, 0.2) is 23.3 Å². The normalized spacial score (nSPS) is 15.0. The van der Waals surface area contributed by atoms with Gasteiger partial charge in [-0.2, -0.15) is 0 Å². The van der Waals surface area contributed by atoms with Crippen LogP contribution in [-0.4, -0.2) is 48.2 Å². The maximum atomic E-state index is 13.0. The summed E-state index contributed by atoms with van der Waals surface area (Å²) in [6.45, 7) is 5.80. The fourth-order valence-electron chi connectivity index (χ4n) is 3.13. The van der Waals surface area contributed by atoms with Gasteiger partial charge in [0.2, 0.25) is 10.0 Å². The molecule has 1 aliphatic heterocycles. The van der Waals surface area contributed by atoms with Gasteiger partial charge in [0.25, 0.3) is 11.5 Å². The maximum absolute atomic E-state index is 13.0. The summed E-state index contributed by atoms with van der Waals surface area (Å²) < 4.78 is 26.0. The Balaban J connectivity index is 1.80. The van der Waals surface area contributed by atoms with Crippen LogP contribution in [0.5, 0.6) is 0 Å². The minimum absolute atomic E-state index is 0.201. The number of fused-ring (bicyclic) bond motifs is 1. The maximum Gasteiger partial charge on any atom is 0.276 e. The number of hydrogen-bond donors (Lipinski definition) is 4. The molecule has 12 heteroatoms. The first kappa shape index (κ1) is 20.7. The molecule has 0 spiro atoms. The highest BCUT2D eigenvalue weighted by atomic mass is 32.2. The lowest BCUT2D eigenvalue weighted by atomic mass is 10.1. The Bertz CT molecular complexity index is 1130. The first-order chi connectivity index (χ1) is 13.5. The molecule has 1 aliphatic rings. The number of rotatable bonds is 7. The largest absolute Gasteiger partial charge is 0.369 e. The number of nitrogens with one attached hydrogen (secondary N) is 4. The Morgan fingerprint density at radius 1 is 1.14 bits per heavy atom. The number of carbonyl (C=O) groups is 1. The summed E-state index contributed by atoms with van der Waals surface area (Å²) in [5, 5.41) is 8.74. The highest BCUT2D eigenvalue weighted by Gasteiger charge is 2.37. The van der Waals surface area contributed by atoms with Crippen LogP contribution in [0.2, 0.25) is 0 Å². The number of aromatic nitrogens is 3. The van der Waals surface area contributed by atoms with E-state index in [-0.39, 0.29) is 23.7 Å². The number of nitrogens with zero attached hydrogens (tertiary/aromatic N) is 3. The predicted molar refractivity (Wildman–Crippen MR) is 109 cm³/mol. The molecule has 0 aliphatic carbocycles.